The maximum Gasteiger partial charge on any atom is 0.423 e. The van der Waals surface area contributed by atoms with Crippen LogP contribution < -0.4 is 16.4 Å². The molecule has 2 N–H and O–H groups in total. The fourth-order valence-corrected chi connectivity index (χ4v) is 4.36. The lowest BCUT2D eigenvalue weighted by atomic mass is 10.1. The van der Waals surface area contributed by atoms with Crippen LogP contribution in [0.1, 0.15) is 18.4 Å². The van der Waals surface area contributed by atoms with Crippen molar-refractivity contribution in [2.45, 2.75) is 38.2 Å². The number of nitrogens with one attached hydrogen (secondary N) is 2. The number of anilines is 1. The van der Waals surface area contributed by atoms with E-state index in [-0.39, 0.29) is 41.7 Å². The first-order chi connectivity index (χ1) is 20.0. The number of aromatic nitrogens is 7. The van der Waals surface area contributed by atoms with Gasteiger partial charge in [-0.15, -0.1) is 5.10 Å². The van der Waals surface area contributed by atoms with Crippen LogP contribution in [0.25, 0.3) is 27.9 Å². The molecule has 1 atom stereocenters. The SMILES string of the molecule is O=c1[nH]ncc(N[C@H](CCCn2cnc3cc(-c4nc5ccccn5n4)c(F)cc3c2=O)COC(F)F)c1C(F)(F)F. The summed E-state index contributed by atoms with van der Waals surface area (Å²) in [4.78, 5) is 33.3. The fraction of sp³-hybridized carbons (Fsp3) is 0.280. The van der Waals surface area contributed by atoms with Gasteiger partial charge in [0.15, 0.2) is 11.5 Å². The molecule has 0 aliphatic carbocycles. The number of hydrogen-bond acceptors (Lipinski definition) is 8. The Morgan fingerprint density at radius 2 is 1.95 bits per heavy atom. The van der Waals surface area contributed by atoms with E-state index in [1.807, 2.05) is 0 Å². The van der Waals surface area contributed by atoms with Crippen LogP contribution in [-0.2, 0) is 17.5 Å². The predicted octanol–water partition coefficient (Wildman–Crippen LogP) is 3.85. The highest BCUT2D eigenvalue weighted by molar-refractivity contribution is 5.82. The molecule has 0 unspecified atom stereocenters. The van der Waals surface area contributed by atoms with Crippen LogP contribution in [0.15, 0.2) is 58.6 Å². The van der Waals surface area contributed by atoms with Gasteiger partial charge in [-0.1, -0.05) is 6.07 Å². The van der Waals surface area contributed by atoms with Crippen molar-refractivity contribution in [2.24, 2.45) is 0 Å². The smallest absolute Gasteiger partial charge is 0.378 e. The number of halogens is 6. The van der Waals surface area contributed by atoms with Gasteiger partial charge in [-0.3, -0.25) is 14.2 Å². The van der Waals surface area contributed by atoms with Gasteiger partial charge in [-0.05, 0) is 37.1 Å². The molecule has 17 heteroatoms. The monoisotopic (exact) mass is 594 g/mol. The molecular formula is C25H20F6N8O3. The molecule has 0 saturated heterocycles. The largest absolute Gasteiger partial charge is 0.423 e. The van der Waals surface area contributed by atoms with Gasteiger partial charge in [0.05, 0.1) is 41.3 Å². The Morgan fingerprint density at radius 1 is 1.14 bits per heavy atom. The summed E-state index contributed by atoms with van der Waals surface area (Å²) in [5.41, 5.74) is -3.69. The minimum atomic E-state index is -5.05. The van der Waals surface area contributed by atoms with Crippen LogP contribution in [0.2, 0.25) is 0 Å². The van der Waals surface area contributed by atoms with Gasteiger partial charge in [0.25, 0.3) is 11.1 Å². The summed E-state index contributed by atoms with van der Waals surface area (Å²) in [6, 6.07) is 6.42. The summed E-state index contributed by atoms with van der Waals surface area (Å²) in [5, 5.41) is 11.6. The summed E-state index contributed by atoms with van der Waals surface area (Å²) in [7, 11) is 0. The maximum atomic E-state index is 15.0. The minimum Gasteiger partial charge on any atom is -0.378 e. The third-order valence-corrected chi connectivity index (χ3v) is 6.27. The van der Waals surface area contributed by atoms with Crippen molar-refractivity contribution >= 4 is 22.2 Å². The first kappa shape index (κ1) is 28.7. The lowest BCUT2D eigenvalue weighted by Crippen LogP contribution is -2.32. The second kappa shape index (κ2) is 11.6. The molecule has 0 spiro atoms. The molecule has 0 amide bonds. The highest BCUT2D eigenvalue weighted by atomic mass is 19.4. The van der Waals surface area contributed by atoms with Crippen LogP contribution in [0, 0.1) is 5.82 Å². The van der Waals surface area contributed by atoms with E-state index in [4.69, 9.17) is 0 Å². The van der Waals surface area contributed by atoms with Crippen molar-refractivity contribution in [3.63, 3.8) is 0 Å². The first-order valence-corrected chi connectivity index (χ1v) is 12.3. The molecule has 0 aliphatic rings. The Balaban J connectivity index is 1.34. The van der Waals surface area contributed by atoms with Gasteiger partial charge in [0.1, 0.15) is 11.4 Å². The minimum absolute atomic E-state index is 0.0360. The molecule has 0 radical (unpaired) electrons. The number of ether oxygens (including phenoxy) is 1. The zero-order valence-corrected chi connectivity index (χ0v) is 21.3. The van der Waals surface area contributed by atoms with Crippen LogP contribution in [0.5, 0.6) is 0 Å². The molecule has 4 aromatic heterocycles. The predicted molar refractivity (Wildman–Crippen MR) is 136 cm³/mol. The molecule has 0 saturated carbocycles. The Labute approximate surface area is 230 Å². The van der Waals surface area contributed by atoms with E-state index in [0.29, 0.717) is 11.8 Å². The van der Waals surface area contributed by atoms with E-state index in [1.165, 1.54) is 16.9 Å². The Kier molecular flexibility index (Phi) is 7.93. The number of alkyl halides is 5. The number of hydrogen-bond donors (Lipinski definition) is 2. The Morgan fingerprint density at radius 3 is 2.69 bits per heavy atom. The lowest BCUT2D eigenvalue weighted by molar-refractivity contribution is -0.138. The first-order valence-electron chi connectivity index (χ1n) is 12.3. The summed E-state index contributed by atoms with van der Waals surface area (Å²) in [6.45, 7) is -3.94. The molecule has 0 aliphatic heterocycles. The van der Waals surface area contributed by atoms with E-state index in [1.54, 1.807) is 29.5 Å². The molecule has 42 heavy (non-hydrogen) atoms. The van der Waals surface area contributed by atoms with E-state index in [2.05, 4.69) is 30.2 Å². The Hall–Kier alpha value is -4.80. The van der Waals surface area contributed by atoms with Crippen molar-refractivity contribution in [3.8, 4) is 11.4 Å². The number of pyridine rings is 1. The average molecular weight is 594 g/mol. The lowest BCUT2D eigenvalue weighted by Gasteiger charge is -2.22. The van der Waals surface area contributed by atoms with Crippen molar-refractivity contribution in [2.75, 3.05) is 11.9 Å². The molecule has 0 fully saturated rings. The number of H-pyrrole nitrogens is 1. The quantitative estimate of drug-likeness (QED) is 0.233. The summed E-state index contributed by atoms with van der Waals surface area (Å²) in [5.74, 6) is -0.657. The van der Waals surface area contributed by atoms with E-state index < -0.39 is 53.6 Å². The maximum absolute atomic E-state index is 15.0. The van der Waals surface area contributed by atoms with Crippen LogP contribution in [-0.4, -0.2) is 53.6 Å². The van der Waals surface area contributed by atoms with E-state index >= 15 is 4.39 Å². The number of nitrogens with zero attached hydrogens (tertiary/aromatic N) is 6. The third kappa shape index (κ3) is 6.09. The van der Waals surface area contributed by atoms with Gasteiger partial charge in [-0.25, -0.2) is 24.0 Å². The highest BCUT2D eigenvalue weighted by Gasteiger charge is 2.37. The number of benzene rings is 1. The van der Waals surface area contributed by atoms with Gasteiger partial charge in [0, 0.05) is 18.8 Å². The summed E-state index contributed by atoms with van der Waals surface area (Å²) in [6.07, 6.45) is -1.46. The van der Waals surface area contributed by atoms with Gasteiger partial charge in [-0.2, -0.15) is 27.1 Å². The molecule has 11 nitrogen and oxygen atoms in total. The Bertz CT molecular complexity index is 1820. The molecule has 0 bridgehead atoms. The highest BCUT2D eigenvalue weighted by Crippen LogP contribution is 2.32. The standard InChI is InChI=1S/C25H20F6N8O3/c26-16-8-15-17(9-14(16)21-35-19-5-1-2-7-39(19)37-21)32-12-38(23(15)41)6-3-4-13(11-42-24(27)28)34-18-10-33-36-22(40)20(18)25(29,30)31/h1-2,5,7-10,12-13,24H,3-4,6,11H2,(H2,34,36,40)/t13-/m1/s1. The zero-order chi connectivity index (χ0) is 30.0. The number of fused-ring (bicyclic) bond motifs is 2. The topological polar surface area (TPSA) is 132 Å². The van der Waals surface area contributed by atoms with E-state index in [0.717, 1.165) is 10.6 Å². The zero-order valence-electron chi connectivity index (χ0n) is 21.3. The second-order valence-corrected chi connectivity index (χ2v) is 9.09. The van der Waals surface area contributed by atoms with Gasteiger partial charge in [0.2, 0.25) is 0 Å². The summed E-state index contributed by atoms with van der Waals surface area (Å²) < 4.78 is 87.5. The van der Waals surface area contributed by atoms with Gasteiger partial charge >= 0.3 is 12.8 Å². The van der Waals surface area contributed by atoms with Crippen molar-refractivity contribution in [1.82, 2.24) is 34.3 Å². The normalized spacial score (nSPS) is 12.8. The van der Waals surface area contributed by atoms with Crippen molar-refractivity contribution in [1.29, 1.82) is 0 Å². The number of rotatable bonds is 10. The van der Waals surface area contributed by atoms with E-state index in [9.17, 15) is 31.5 Å². The molecule has 5 aromatic rings. The average Bonchev–Trinajstić information content (AvgIpc) is 3.36. The number of aromatic amines is 1. The molecule has 220 valence electrons. The van der Waals surface area contributed by atoms with Crippen molar-refractivity contribution < 1.29 is 31.1 Å². The third-order valence-electron chi connectivity index (χ3n) is 6.27. The molecular weight excluding hydrogens is 574 g/mol. The van der Waals surface area contributed by atoms with Crippen LogP contribution in [0.3, 0.4) is 0 Å². The number of aryl methyl sites for hydroxylation is 1. The molecule has 1 aromatic carbocycles. The van der Waals surface area contributed by atoms with Crippen LogP contribution in [0.4, 0.5) is 32.0 Å². The van der Waals surface area contributed by atoms with Crippen LogP contribution >= 0.6 is 0 Å². The summed E-state index contributed by atoms with van der Waals surface area (Å²) >= 11 is 0. The van der Waals surface area contributed by atoms with Crippen molar-refractivity contribution in [3.05, 3.63) is 81.1 Å². The fourth-order valence-electron chi connectivity index (χ4n) is 4.36. The molecule has 5 rings (SSSR count). The molecule has 4 heterocycles. The van der Waals surface area contributed by atoms with Gasteiger partial charge < -0.3 is 10.1 Å². The second-order valence-electron chi connectivity index (χ2n) is 9.09.